The number of aryl methyl sites for hydroxylation is 1. The first-order chi connectivity index (χ1) is 7.63. The molecule has 0 atom stereocenters. The van der Waals surface area contributed by atoms with Gasteiger partial charge in [-0.1, -0.05) is 5.21 Å². The Bertz CT molecular complexity index is 522. The average molecular weight is 224 g/mol. The SMILES string of the molecule is Cc1cc(F)c(-n2nncc2CN)cc1F. The van der Waals surface area contributed by atoms with Crippen LogP contribution in [0.25, 0.3) is 5.69 Å². The van der Waals surface area contributed by atoms with E-state index in [4.69, 9.17) is 5.73 Å². The highest BCUT2D eigenvalue weighted by molar-refractivity contribution is 5.37. The average Bonchev–Trinajstić information content (AvgIpc) is 2.71. The third-order valence-corrected chi connectivity index (χ3v) is 2.29. The van der Waals surface area contributed by atoms with Crippen molar-refractivity contribution >= 4 is 0 Å². The first kappa shape index (κ1) is 10.7. The van der Waals surface area contributed by atoms with Gasteiger partial charge in [-0.15, -0.1) is 5.10 Å². The summed E-state index contributed by atoms with van der Waals surface area (Å²) in [6.07, 6.45) is 1.41. The summed E-state index contributed by atoms with van der Waals surface area (Å²) in [7, 11) is 0. The van der Waals surface area contributed by atoms with Gasteiger partial charge in [-0.3, -0.25) is 0 Å². The molecule has 0 amide bonds. The zero-order valence-corrected chi connectivity index (χ0v) is 8.61. The van der Waals surface area contributed by atoms with E-state index in [0.717, 1.165) is 12.1 Å². The second-order valence-corrected chi connectivity index (χ2v) is 3.39. The third kappa shape index (κ3) is 1.67. The second-order valence-electron chi connectivity index (χ2n) is 3.39. The van der Waals surface area contributed by atoms with E-state index in [-0.39, 0.29) is 17.8 Å². The predicted molar refractivity (Wildman–Crippen MR) is 53.9 cm³/mol. The van der Waals surface area contributed by atoms with Gasteiger partial charge >= 0.3 is 0 Å². The van der Waals surface area contributed by atoms with Crippen molar-refractivity contribution < 1.29 is 8.78 Å². The number of hydrogen-bond acceptors (Lipinski definition) is 3. The summed E-state index contributed by atoms with van der Waals surface area (Å²) in [6.45, 7) is 1.65. The Balaban J connectivity index is 2.60. The Labute approximate surface area is 90.7 Å². The van der Waals surface area contributed by atoms with Gasteiger partial charge in [-0.25, -0.2) is 13.5 Å². The summed E-state index contributed by atoms with van der Waals surface area (Å²) in [5, 5.41) is 7.28. The van der Waals surface area contributed by atoms with Crippen LogP contribution in [0.2, 0.25) is 0 Å². The van der Waals surface area contributed by atoms with E-state index in [0.29, 0.717) is 5.69 Å². The molecule has 0 unspecified atom stereocenters. The summed E-state index contributed by atoms with van der Waals surface area (Å²) < 4.78 is 28.1. The number of nitrogens with zero attached hydrogens (tertiary/aromatic N) is 3. The topological polar surface area (TPSA) is 56.7 Å². The molecular formula is C10H10F2N4. The highest BCUT2D eigenvalue weighted by Crippen LogP contribution is 2.18. The minimum Gasteiger partial charge on any atom is -0.325 e. The summed E-state index contributed by atoms with van der Waals surface area (Å²) >= 11 is 0. The van der Waals surface area contributed by atoms with Crippen LogP contribution in [0.5, 0.6) is 0 Å². The molecule has 1 heterocycles. The minimum absolute atomic E-state index is 0.0149. The minimum atomic E-state index is -0.556. The van der Waals surface area contributed by atoms with Gasteiger partial charge in [-0.2, -0.15) is 0 Å². The molecule has 0 aliphatic heterocycles. The van der Waals surface area contributed by atoms with Gasteiger partial charge in [0.05, 0.1) is 11.9 Å². The lowest BCUT2D eigenvalue weighted by atomic mass is 10.2. The van der Waals surface area contributed by atoms with Crippen LogP contribution in [0.4, 0.5) is 8.78 Å². The molecule has 2 aromatic rings. The van der Waals surface area contributed by atoms with Crippen molar-refractivity contribution in [2.75, 3.05) is 0 Å². The molecule has 0 aliphatic carbocycles. The lowest BCUT2D eigenvalue weighted by Crippen LogP contribution is -2.09. The fraction of sp³-hybridized carbons (Fsp3) is 0.200. The summed E-state index contributed by atoms with van der Waals surface area (Å²) in [4.78, 5) is 0. The van der Waals surface area contributed by atoms with E-state index in [9.17, 15) is 8.78 Å². The van der Waals surface area contributed by atoms with Gasteiger partial charge < -0.3 is 5.73 Å². The van der Waals surface area contributed by atoms with Crippen LogP contribution >= 0.6 is 0 Å². The van der Waals surface area contributed by atoms with Crippen molar-refractivity contribution in [2.24, 2.45) is 5.73 Å². The van der Waals surface area contributed by atoms with Crippen molar-refractivity contribution in [3.63, 3.8) is 0 Å². The molecule has 2 N–H and O–H groups in total. The second kappa shape index (κ2) is 3.97. The largest absolute Gasteiger partial charge is 0.325 e. The highest BCUT2D eigenvalue weighted by Gasteiger charge is 2.12. The molecule has 0 saturated heterocycles. The first-order valence-electron chi connectivity index (χ1n) is 4.69. The van der Waals surface area contributed by atoms with Crippen LogP contribution in [-0.4, -0.2) is 15.0 Å². The molecule has 0 radical (unpaired) electrons. The molecule has 0 bridgehead atoms. The molecule has 0 aliphatic rings. The molecule has 6 heteroatoms. The third-order valence-electron chi connectivity index (χ3n) is 2.29. The number of rotatable bonds is 2. The van der Waals surface area contributed by atoms with Crippen molar-refractivity contribution in [1.29, 1.82) is 0 Å². The van der Waals surface area contributed by atoms with E-state index in [2.05, 4.69) is 10.3 Å². The Morgan fingerprint density at radius 1 is 1.31 bits per heavy atom. The van der Waals surface area contributed by atoms with Crippen LogP contribution in [0.1, 0.15) is 11.3 Å². The van der Waals surface area contributed by atoms with Crippen molar-refractivity contribution in [1.82, 2.24) is 15.0 Å². The van der Waals surface area contributed by atoms with Crippen molar-refractivity contribution in [2.45, 2.75) is 13.5 Å². The fourth-order valence-electron chi connectivity index (χ4n) is 1.40. The lowest BCUT2D eigenvalue weighted by Gasteiger charge is -2.07. The van der Waals surface area contributed by atoms with Gasteiger partial charge in [0.25, 0.3) is 0 Å². The van der Waals surface area contributed by atoms with E-state index >= 15 is 0 Å². The van der Waals surface area contributed by atoms with E-state index in [1.807, 2.05) is 0 Å². The number of hydrogen-bond donors (Lipinski definition) is 1. The number of nitrogens with two attached hydrogens (primary N) is 1. The fourth-order valence-corrected chi connectivity index (χ4v) is 1.40. The van der Waals surface area contributed by atoms with Crippen LogP contribution < -0.4 is 5.73 Å². The number of benzene rings is 1. The Hall–Kier alpha value is -1.82. The molecular weight excluding hydrogens is 214 g/mol. The zero-order valence-electron chi connectivity index (χ0n) is 8.61. The predicted octanol–water partition coefficient (Wildman–Crippen LogP) is 1.31. The highest BCUT2D eigenvalue weighted by atomic mass is 19.1. The van der Waals surface area contributed by atoms with Gasteiger partial charge in [-0.05, 0) is 18.6 Å². The maximum Gasteiger partial charge on any atom is 0.149 e. The molecule has 0 fully saturated rings. The number of halogens is 2. The maximum absolute atomic E-state index is 13.6. The molecule has 1 aromatic heterocycles. The van der Waals surface area contributed by atoms with Crippen molar-refractivity contribution in [3.05, 3.63) is 41.2 Å². The van der Waals surface area contributed by atoms with Crippen LogP contribution in [0.15, 0.2) is 18.3 Å². The molecule has 4 nitrogen and oxygen atoms in total. The molecule has 16 heavy (non-hydrogen) atoms. The van der Waals surface area contributed by atoms with E-state index in [1.54, 1.807) is 0 Å². The summed E-state index contributed by atoms with van der Waals surface area (Å²) in [5.74, 6) is -1.05. The maximum atomic E-state index is 13.6. The van der Waals surface area contributed by atoms with Gasteiger partial charge in [0.2, 0.25) is 0 Å². The van der Waals surface area contributed by atoms with Crippen LogP contribution in [0, 0.1) is 18.6 Å². The van der Waals surface area contributed by atoms with Gasteiger partial charge in [0.15, 0.2) is 0 Å². The van der Waals surface area contributed by atoms with E-state index in [1.165, 1.54) is 17.8 Å². The zero-order chi connectivity index (χ0) is 11.7. The molecule has 0 spiro atoms. The normalized spacial score (nSPS) is 10.8. The standard InChI is InChI=1S/C10H10F2N4/c1-6-2-9(12)10(3-8(6)11)16-7(4-13)5-14-15-16/h2-3,5H,4,13H2,1H3. The molecule has 1 aromatic carbocycles. The smallest absolute Gasteiger partial charge is 0.149 e. The summed E-state index contributed by atoms with van der Waals surface area (Å²) in [5.41, 5.74) is 6.21. The lowest BCUT2D eigenvalue weighted by molar-refractivity contribution is 0.574. The van der Waals surface area contributed by atoms with Gasteiger partial charge in [0.1, 0.15) is 17.3 Å². The summed E-state index contributed by atoms with van der Waals surface area (Å²) in [6, 6.07) is 2.20. The first-order valence-corrected chi connectivity index (χ1v) is 4.69. The molecule has 84 valence electrons. The Morgan fingerprint density at radius 3 is 2.75 bits per heavy atom. The quantitative estimate of drug-likeness (QED) is 0.836. The van der Waals surface area contributed by atoms with Gasteiger partial charge in [0, 0.05) is 12.6 Å². The Kier molecular flexibility index (Phi) is 2.66. The molecule has 2 rings (SSSR count). The Morgan fingerprint density at radius 2 is 2.06 bits per heavy atom. The van der Waals surface area contributed by atoms with Crippen molar-refractivity contribution in [3.8, 4) is 5.69 Å². The monoisotopic (exact) mass is 224 g/mol. The van der Waals surface area contributed by atoms with Crippen LogP contribution in [0.3, 0.4) is 0 Å². The van der Waals surface area contributed by atoms with E-state index < -0.39 is 11.6 Å². The number of aromatic nitrogens is 3. The van der Waals surface area contributed by atoms with Crippen LogP contribution in [-0.2, 0) is 6.54 Å². The molecule has 0 saturated carbocycles.